The van der Waals surface area contributed by atoms with E-state index in [1.807, 2.05) is 0 Å². The van der Waals surface area contributed by atoms with E-state index in [0.29, 0.717) is 25.6 Å². The van der Waals surface area contributed by atoms with Gasteiger partial charge in [0, 0.05) is 19.6 Å². The highest BCUT2D eigenvalue weighted by atomic mass is 16.5. The second-order valence-electron chi connectivity index (χ2n) is 5.82. The van der Waals surface area contributed by atoms with Gasteiger partial charge in [0.1, 0.15) is 6.04 Å². The van der Waals surface area contributed by atoms with E-state index < -0.39 is 6.04 Å². The molecular weight excluding hydrogens is 270 g/mol. The zero-order valence-corrected chi connectivity index (χ0v) is 13.2. The van der Waals surface area contributed by atoms with Crippen LogP contribution >= 0.6 is 0 Å². The predicted molar refractivity (Wildman–Crippen MR) is 81.6 cm³/mol. The number of hydrogen-bond acceptors (Lipinski definition) is 4. The molecule has 0 aromatic heterocycles. The van der Waals surface area contributed by atoms with Crippen LogP contribution in [0.4, 0.5) is 0 Å². The molecule has 1 aliphatic carbocycles. The number of methoxy groups -OCH3 is 1. The summed E-state index contributed by atoms with van der Waals surface area (Å²) in [6, 6.07) is -0.510. The molecule has 1 rings (SSSR count). The van der Waals surface area contributed by atoms with Crippen LogP contribution in [0, 0.1) is 11.8 Å². The Hall–Kier alpha value is -1.14. The van der Waals surface area contributed by atoms with Crippen LogP contribution in [0.5, 0.6) is 0 Å². The third-order valence-corrected chi connectivity index (χ3v) is 4.09. The summed E-state index contributed by atoms with van der Waals surface area (Å²) in [5.74, 6) is 0.385. The molecule has 6 heteroatoms. The van der Waals surface area contributed by atoms with Gasteiger partial charge >= 0.3 is 0 Å². The van der Waals surface area contributed by atoms with Gasteiger partial charge < -0.3 is 21.1 Å². The van der Waals surface area contributed by atoms with Gasteiger partial charge in [-0.3, -0.25) is 9.59 Å². The van der Waals surface area contributed by atoms with Crippen LogP contribution in [0.3, 0.4) is 0 Å². The molecule has 1 fully saturated rings. The SMILES string of the molecule is COCCNC(=O)C(C)NC(=O)C1CCCC(CCN)C1. The maximum Gasteiger partial charge on any atom is 0.242 e. The number of amides is 2. The van der Waals surface area contributed by atoms with Crippen molar-refractivity contribution in [2.75, 3.05) is 26.8 Å². The zero-order chi connectivity index (χ0) is 15.7. The average Bonchev–Trinajstić information content (AvgIpc) is 2.48. The van der Waals surface area contributed by atoms with E-state index in [9.17, 15) is 9.59 Å². The molecule has 122 valence electrons. The molecule has 0 saturated heterocycles. The van der Waals surface area contributed by atoms with E-state index in [0.717, 1.165) is 32.1 Å². The summed E-state index contributed by atoms with van der Waals surface area (Å²) in [5.41, 5.74) is 5.60. The highest BCUT2D eigenvalue weighted by molar-refractivity contribution is 5.88. The van der Waals surface area contributed by atoms with Crippen molar-refractivity contribution in [3.8, 4) is 0 Å². The van der Waals surface area contributed by atoms with Gasteiger partial charge in [0.2, 0.25) is 11.8 Å². The lowest BCUT2D eigenvalue weighted by Gasteiger charge is -2.29. The molecule has 0 aromatic rings. The minimum absolute atomic E-state index is 0.00823. The topological polar surface area (TPSA) is 93.5 Å². The van der Waals surface area contributed by atoms with E-state index in [1.165, 1.54) is 0 Å². The van der Waals surface area contributed by atoms with Crippen LogP contribution in [-0.2, 0) is 14.3 Å². The Bertz CT molecular complexity index is 334. The van der Waals surface area contributed by atoms with E-state index in [2.05, 4.69) is 10.6 Å². The summed E-state index contributed by atoms with van der Waals surface area (Å²) in [7, 11) is 1.58. The van der Waals surface area contributed by atoms with Crippen molar-refractivity contribution in [1.29, 1.82) is 0 Å². The van der Waals surface area contributed by atoms with Gasteiger partial charge in [0.25, 0.3) is 0 Å². The fourth-order valence-corrected chi connectivity index (χ4v) is 2.85. The van der Waals surface area contributed by atoms with Gasteiger partial charge in [-0.15, -0.1) is 0 Å². The van der Waals surface area contributed by atoms with Crippen LogP contribution in [-0.4, -0.2) is 44.7 Å². The van der Waals surface area contributed by atoms with Gasteiger partial charge in [-0.2, -0.15) is 0 Å². The largest absolute Gasteiger partial charge is 0.383 e. The quantitative estimate of drug-likeness (QED) is 0.566. The molecule has 1 saturated carbocycles. The first kappa shape index (κ1) is 17.9. The van der Waals surface area contributed by atoms with Crippen molar-refractivity contribution in [1.82, 2.24) is 10.6 Å². The summed E-state index contributed by atoms with van der Waals surface area (Å²) in [6.45, 7) is 3.31. The van der Waals surface area contributed by atoms with Crippen molar-refractivity contribution in [3.63, 3.8) is 0 Å². The number of hydrogen-bond donors (Lipinski definition) is 3. The molecule has 0 heterocycles. The van der Waals surface area contributed by atoms with E-state index in [-0.39, 0.29) is 17.7 Å². The molecule has 2 amide bonds. The summed E-state index contributed by atoms with van der Waals surface area (Å²) < 4.78 is 4.87. The number of rotatable bonds is 8. The first-order chi connectivity index (χ1) is 10.1. The Kier molecular flexibility index (Phi) is 8.30. The van der Waals surface area contributed by atoms with Gasteiger partial charge in [-0.05, 0) is 38.6 Å². The van der Waals surface area contributed by atoms with Gasteiger partial charge in [0.15, 0.2) is 0 Å². The fraction of sp³-hybridized carbons (Fsp3) is 0.867. The monoisotopic (exact) mass is 299 g/mol. The first-order valence-electron chi connectivity index (χ1n) is 7.85. The Balaban J connectivity index is 2.35. The van der Waals surface area contributed by atoms with E-state index >= 15 is 0 Å². The van der Waals surface area contributed by atoms with Crippen LogP contribution in [0.1, 0.15) is 39.0 Å². The molecule has 0 spiro atoms. The number of ether oxygens (including phenoxy) is 1. The summed E-state index contributed by atoms with van der Waals surface area (Å²) in [4.78, 5) is 24.1. The standard InChI is InChI=1S/C15H29N3O3/c1-11(14(19)17-8-9-21-2)18-15(20)13-5-3-4-12(10-13)6-7-16/h11-13H,3-10,16H2,1-2H3,(H,17,19)(H,18,20). The molecule has 6 nitrogen and oxygen atoms in total. The lowest BCUT2D eigenvalue weighted by molar-refractivity contribution is -0.131. The molecule has 4 N–H and O–H groups in total. The second kappa shape index (κ2) is 9.73. The lowest BCUT2D eigenvalue weighted by Crippen LogP contribution is -2.47. The molecular formula is C15H29N3O3. The third kappa shape index (κ3) is 6.44. The molecule has 0 aliphatic heterocycles. The molecule has 3 unspecified atom stereocenters. The molecule has 0 bridgehead atoms. The minimum atomic E-state index is -0.510. The third-order valence-electron chi connectivity index (χ3n) is 4.09. The number of carbonyl (C=O) groups is 2. The summed E-state index contributed by atoms with van der Waals surface area (Å²) in [6.07, 6.45) is 5.01. The highest BCUT2D eigenvalue weighted by Gasteiger charge is 2.28. The molecule has 3 atom stereocenters. The van der Waals surface area contributed by atoms with Gasteiger partial charge in [0.05, 0.1) is 6.61 Å². The van der Waals surface area contributed by atoms with Crippen LogP contribution in [0.15, 0.2) is 0 Å². The van der Waals surface area contributed by atoms with E-state index in [4.69, 9.17) is 10.5 Å². The predicted octanol–water partition coefficient (Wildman–Crippen LogP) is 0.409. The van der Waals surface area contributed by atoms with Gasteiger partial charge in [-0.1, -0.05) is 12.8 Å². The summed E-state index contributed by atoms with van der Waals surface area (Å²) >= 11 is 0. The smallest absolute Gasteiger partial charge is 0.242 e. The maximum absolute atomic E-state index is 12.2. The molecule has 0 aromatic carbocycles. The zero-order valence-electron chi connectivity index (χ0n) is 13.2. The Morgan fingerprint density at radius 3 is 2.81 bits per heavy atom. The molecule has 0 radical (unpaired) electrons. The average molecular weight is 299 g/mol. The van der Waals surface area contributed by atoms with Crippen LogP contribution in [0.2, 0.25) is 0 Å². The Labute approximate surface area is 127 Å². The van der Waals surface area contributed by atoms with Gasteiger partial charge in [-0.25, -0.2) is 0 Å². The molecule has 1 aliphatic rings. The maximum atomic E-state index is 12.2. The van der Waals surface area contributed by atoms with Crippen molar-refractivity contribution < 1.29 is 14.3 Å². The summed E-state index contributed by atoms with van der Waals surface area (Å²) in [5, 5.41) is 5.54. The lowest BCUT2D eigenvalue weighted by atomic mass is 9.79. The number of nitrogens with two attached hydrogens (primary N) is 1. The highest BCUT2D eigenvalue weighted by Crippen LogP contribution is 2.30. The van der Waals surface area contributed by atoms with Crippen molar-refractivity contribution in [2.24, 2.45) is 17.6 Å². The fourth-order valence-electron chi connectivity index (χ4n) is 2.85. The van der Waals surface area contributed by atoms with Crippen molar-refractivity contribution >= 4 is 11.8 Å². The van der Waals surface area contributed by atoms with Crippen LogP contribution < -0.4 is 16.4 Å². The minimum Gasteiger partial charge on any atom is -0.383 e. The second-order valence-corrected chi connectivity index (χ2v) is 5.82. The first-order valence-corrected chi connectivity index (χ1v) is 7.85. The Morgan fingerprint density at radius 1 is 1.38 bits per heavy atom. The van der Waals surface area contributed by atoms with E-state index in [1.54, 1.807) is 14.0 Å². The number of nitrogens with one attached hydrogen (secondary N) is 2. The number of carbonyl (C=O) groups excluding carboxylic acids is 2. The Morgan fingerprint density at radius 2 is 2.14 bits per heavy atom. The normalized spacial score (nSPS) is 23.4. The van der Waals surface area contributed by atoms with Crippen molar-refractivity contribution in [2.45, 2.75) is 45.1 Å². The van der Waals surface area contributed by atoms with Crippen LogP contribution in [0.25, 0.3) is 0 Å². The molecule has 21 heavy (non-hydrogen) atoms. The van der Waals surface area contributed by atoms with Crippen molar-refractivity contribution in [3.05, 3.63) is 0 Å².